The van der Waals surface area contributed by atoms with Crippen LogP contribution in [0.4, 0.5) is 0 Å². The maximum atomic E-state index is 5.15. The van der Waals surface area contributed by atoms with Crippen molar-refractivity contribution in [2.75, 3.05) is 13.7 Å². The molecule has 0 saturated carbocycles. The molecule has 1 N–H and O–H groups in total. The van der Waals surface area contributed by atoms with Crippen LogP contribution in [-0.4, -0.2) is 28.5 Å². The van der Waals surface area contributed by atoms with Gasteiger partial charge < -0.3 is 4.74 Å². The lowest BCUT2D eigenvalue weighted by molar-refractivity contribution is 0.187. The van der Waals surface area contributed by atoms with E-state index in [1.807, 2.05) is 22.1 Å². The summed E-state index contributed by atoms with van der Waals surface area (Å²) in [7, 11) is 1.68. The smallest absolute Gasteiger partial charge is 0.195 e. The molecule has 2 rings (SSSR count). The van der Waals surface area contributed by atoms with E-state index in [2.05, 4.69) is 10.2 Å². The van der Waals surface area contributed by atoms with Crippen LogP contribution in [0.1, 0.15) is 0 Å². The van der Waals surface area contributed by atoms with Gasteiger partial charge in [-0.25, -0.2) is 0 Å². The van der Waals surface area contributed by atoms with Crippen molar-refractivity contribution in [2.24, 2.45) is 0 Å². The topological polar surface area (TPSA) is 42.8 Å². The minimum atomic E-state index is 0.631. The normalized spacial score (nSPS) is 10.7. The Bertz CT molecular complexity index is 472. The molecule has 15 heavy (non-hydrogen) atoms. The van der Waals surface area contributed by atoms with E-state index in [0.717, 1.165) is 17.2 Å². The van der Waals surface area contributed by atoms with Gasteiger partial charge in [0.2, 0.25) is 0 Å². The van der Waals surface area contributed by atoms with Gasteiger partial charge in [0, 0.05) is 7.11 Å². The van der Waals surface area contributed by atoms with Crippen molar-refractivity contribution in [1.29, 1.82) is 0 Å². The molecule has 0 amide bonds. The lowest BCUT2D eigenvalue weighted by atomic mass is 10.4. The summed E-state index contributed by atoms with van der Waals surface area (Å²) in [5.74, 6) is 0.882. The Labute approximate surface area is 96.5 Å². The number of nitrogens with one attached hydrogen (secondary N) is 1. The van der Waals surface area contributed by atoms with E-state index < -0.39 is 0 Å². The number of nitrogens with zero attached hydrogens (tertiary/aromatic N) is 2. The van der Waals surface area contributed by atoms with Crippen LogP contribution in [0.25, 0.3) is 10.7 Å². The van der Waals surface area contributed by atoms with E-state index in [4.69, 9.17) is 17.0 Å². The monoisotopic (exact) mass is 241 g/mol. The maximum Gasteiger partial charge on any atom is 0.195 e. The highest BCUT2D eigenvalue weighted by Gasteiger charge is 2.08. The highest BCUT2D eigenvalue weighted by Crippen LogP contribution is 2.22. The number of ether oxygens (including phenoxy) is 1. The van der Waals surface area contributed by atoms with Crippen LogP contribution in [0, 0.1) is 4.77 Å². The first-order chi connectivity index (χ1) is 7.33. The van der Waals surface area contributed by atoms with Crippen molar-refractivity contribution in [2.45, 2.75) is 6.54 Å². The molecule has 4 nitrogen and oxygen atoms in total. The molecule has 0 aliphatic carbocycles. The van der Waals surface area contributed by atoms with Gasteiger partial charge in [0.05, 0.1) is 18.0 Å². The summed E-state index contributed by atoms with van der Waals surface area (Å²) in [5, 5.41) is 9.03. The summed E-state index contributed by atoms with van der Waals surface area (Å²) in [4.78, 5) is 1.11. The molecular formula is C9H11N3OS2. The first-order valence-corrected chi connectivity index (χ1v) is 5.79. The molecule has 0 spiro atoms. The molecule has 0 saturated heterocycles. The van der Waals surface area contributed by atoms with E-state index in [1.54, 1.807) is 18.4 Å². The summed E-state index contributed by atoms with van der Waals surface area (Å²) in [6.45, 7) is 1.35. The predicted molar refractivity (Wildman–Crippen MR) is 62.6 cm³/mol. The lowest BCUT2D eigenvalue weighted by Gasteiger charge is -2.03. The summed E-state index contributed by atoms with van der Waals surface area (Å²) >= 11 is 6.80. The van der Waals surface area contributed by atoms with Gasteiger partial charge in [-0.15, -0.1) is 11.3 Å². The van der Waals surface area contributed by atoms with Gasteiger partial charge in [0.1, 0.15) is 0 Å². The number of methoxy groups -OCH3 is 1. The van der Waals surface area contributed by atoms with E-state index >= 15 is 0 Å². The first-order valence-electron chi connectivity index (χ1n) is 4.51. The van der Waals surface area contributed by atoms with Gasteiger partial charge in [-0.3, -0.25) is 9.67 Å². The van der Waals surface area contributed by atoms with Crippen LogP contribution >= 0.6 is 23.6 Å². The number of H-pyrrole nitrogens is 1. The van der Waals surface area contributed by atoms with Gasteiger partial charge in [-0.1, -0.05) is 6.07 Å². The van der Waals surface area contributed by atoms with Gasteiger partial charge in [-0.05, 0) is 23.7 Å². The summed E-state index contributed by atoms with van der Waals surface area (Å²) < 4.78 is 7.62. The summed E-state index contributed by atoms with van der Waals surface area (Å²) in [6.07, 6.45) is 0. The predicted octanol–water partition coefficient (Wildman–Crippen LogP) is 2.32. The van der Waals surface area contributed by atoms with Crippen LogP contribution in [0.15, 0.2) is 17.5 Å². The van der Waals surface area contributed by atoms with Crippen LogP contribution in [0.3, 0.4) is 0 Å². The molecule has 0 aliphatic heterocycles. The van der Waals surface area contributed by atoms with E-state index in [9.17, 15) is 0 Å². The molecular weight excluding hydrogens is 230 g/mol. The zero-order valence-corrected chi connectivity index (χ0v) is 9.90. The Morgan fingerprint density at radius 3 is 3.20 bits per heavy atom. The highest BCUT2D eigenvalue weighted by molar-refractivity contribution is 7.71. The molecule has 0 aromatic carbocycles. The quantitative estimate of drug-likeness (QED) is 0.835. The van der Waals surface area contributed by atoms with Crippen molar-refractivity contribution in [3.05, 3.63) is 22.3 Å². The number of aromatic nitrogens is 3. The average molecular weight is 241 g/mol. The van der Waals surface area contributed by atoms with Gasteiger partial charge in [0.25, 0.3) is 0 Å². The number of rotatable bonds is 4. The third kappa shape index (κ3) is 2.17. The molecule has 6 heteroatoms. The zero-order chi connectivity index (χ0) is 10.7. The molecule has 0 aliphatic rings. The third-order valence-electron chi connectivity index (χ3n) is 2.02. The number of hydrogen-bond donors (Lipinski definition) is 1. The Morgan fingerprint density at radius 2 is 2.53 bits per heavy atom. The standard InChI is InChI=1S/C9H11N3OS2/c1-13-5-4-12-8(10-11-9(12)14)7-3-2-6-15-7/h2-3,6H,4-5H2,1H3,(H,11,14). The molecule has 0 radical (unpaired) electrons. The van der Waals surface area contributed by atoms with Gasteiger partial charge >= 0.3 is 0 Å². The zero-order valence-electron chi connectivity index (χ0n) is 8.27. The van der Waals surface area contributed by atoms with Gasteiger partial charge in [0.15, 0.2) is 10.6 Å². The van der Waals surface area contributed by atoms with E-state index in [1.165, 1.54) is 0 Å². The third-order valence-corrected chi connectivity index (χ3v) is 3.20. The number of thiophene rings is 1. The fraction of sp³-hybridized carbons (Fsp3) is 0.333. The molecule has 2 heterocycles. The summed E-state index contributed by atoms with van der Waals surface area (Å²) in [5.41, 5.74) is 0. The largest absolute Gasteiger partial charge is 0.383 e. The molecule has 0 fully saturated rings. The Morgan fingerprint density at radius 1 is 1.67 bits per heavy atom. The maximum absolute atomic E-state index is 5.15. The fourth-order valence-electron chi connectivity index (χ4n) is 1.30. The van der Waals surface area contributed by atoms with E-state index in [-0.39, 0.29) is 0 Å². The molecule has 2 aromatic heterocycles. The second-order valence-corrected chi connectivity index (χ2v) is 4.31. The molecule has 0 bridgehead atoms. The fourth-order valence-corrected chi connectivity index (χ4v) is 2.25. The Balaban J connectivity index is 2.36. The van der Waals surface area contributed by atoms with Crippen molar-refractivity contribution >= 4 is 23.6 Å². The minimum absolute atomic E-state index is 0.631. The number of aromatic amines is 1. The molecule has 2 aromatic rings. The van der Waals surface area contributed by atoms with E-state index in [0.29, 0.717) is 11.4 Å². The Hall–Kier alpha value is -0.980. The van der Waals surface area contributed by atoms with Gasteiger partial charge in [-0.2, -0.15) is 5.10 Å². The lowest BCUT2D eigenvalue weighted by Crippen LogP contribution is -2.05. The summed E-state index contributed by atoms with van der Waals surface area (Å²) in [6, 6.07) is 4.03. The van der Waals surface area contributed by atoms with Crippen LogP contribution in [0.5, 0.6) is 0 Å². The van der Waals surface area contributed by atoms with Crippen molar-refractivity contribution < 1.29 is 4.74 Å². The first kappa shape index (κ1) is 10.5. The molecule has 0 atom stereocenters. The second-order valence-electron chi connectivity index (χ2n) is 2.97. The van der Waals surface area contributed by atoms with Crippen molar-refractivity contribution in [3.8, 4) is 10.7 Å². The van der Waals surface area contributed by atoms with Crippen molar-refractivity contribution in [3.63, 3.8) is 0 Å². The SMILES string of the molecule is COCCn1c(-c2cccs2)n[nH]c1=S. The van der Waals surface area contributed by atoms with Crippen LogP contribution < -0.4 is 0 Å². The Kier molecular flexibility index (Phi) is 3.30. The molecule has 80 valence electrons. The van der Waals surface area contributed by atoms with Crippen LogP contribution in [-0.2, 0) is 11.3 Å². The average Bonchev–Trinajstić information content (AvgIpc) is 2.84. The van der Waals surface area contributed by atoms with Crippen molar-refractivity contribution in [1.82, 2.24) is 14.8 Å². The van der Waals surface area contributed by atoms with Crippen LogP contribution in [0.2, 0.25) is 0 Å². The number of hydrogen-bond acceptors (Lipinski definition) is 4. The second kappa shape index (κ2) is 4.69. The minimum Gasteiger partial charge on any atom is -0.383 e. The highest BCUT2D eigenvalue weighted by atomic mass is 32.1. The molecule has 0 unspecified atom stereocenters.